The number of hydrogen-bond donors (Lipinski definition) is 2. The van der Waals surface area contributed by atoms with Crippen molar-refractivity contribution in [1.29, 1.82) is 5.26 Å². The average Bonchev–Trinajstić information content (AvgIpc) is 2.92. The molecule has 0 spiro atoms. The standard InChI is InChI=1S/C10H11N3/c11-6-7-5-9(3-4-10(7)12)13-8-1-2-8/h3-5,8,13H,1-2,12H2. The summed E-state index contributed by atoms with van der Waals surface area (Å²) in [7, 11) is 0. The molecule has 0 radical (unpaired) electrons. The topological polar surface area (TPSA) is 61.8 Å². The highest BCUT2D eigenvalue weighted by atomic mass is 14.9. The number of rotatable bonds is 2. The quantitative estimate of drug-likeness (QED) is 0.669. The van der Waals surface area contributed by atoms with Crippen LogP contribution in [0.5, 0.6) is 0 Å². The summed E-state index contributed by atoms with van der Waals surface area (Å²) < 4.78 is 0. The largest absolute Gasteiger partial charge is 0.398 e. The van der Waals surface area contributed by atoms with Crippen LogP contribution in [0, 0.1) is 11.3 Å². The molecule has 1 saturated carbocycles. The van der Waals surface area contributed by atoms with E-state index in [1.807, 2.05) is 6.07 Å². The lowest BCUT2D eigenvalue weighted by Gasteiger charge is -2.05. The molecule has 1 aliphatic rings. The van der Waals surface area contributed by atoms with Crippen LogP contribution in [0.3, 0.4) is 0 Å². The Morgan fingerprint density at radius 3 is 2.85 bits per heavy atom. The first-order valence-corrected chi connectivity index (χ1v) is 4.36. The molecule has 3 heteroatoms. The maximum atomic E-state index is 8.73. The monoisotopic (exact) mass is 173 g/mol. The zero-order chi connectivity index (χ0) is 9.26. The van der Waals surface area contributed by atoms with Gasteiger partial charge >= 0.3 is 0 Å². The molecular weight excluding hydrogens is 162 g/mol. The second kappa shape index (κ2) is 2.98. The number of nitrogen functional groups attached to an aromatic ring is 1. The molecule has 0 amide bonds. The number of nitrogens with two attached hydrogens (primary N) is 1. The van der Waals surface area contributed by atoms with Gasteiger partial charge in [0.2, 0.25) is 0 Å². The smallest absolute Gasteiger partial charge is 0.101 e. The van der Waals surface area contributed by atoms with Crippen molar-refractivity contribution in [2.45, 2.75) is 18.9 Å². The second-order valence-electron chi connectivity index (χ2n) is 3.33. The van der Waals surface area contributed by atoms with E-state index >= 15 is 0 Å². The lowest BCUT2D eigenvalue weighted by atomic mass is 10.2. The molecule has 0 bridgehead atoms. The maximum absolute atomic E-state index is 8.73. The van der Waals surface area contributed by atoms with E-state index in [0.29, 0.717) is 17.3 Å². The summed E-state index contributed by atoms with van der Waals surface area (Å²) in [4.78, 5) is 0. The van der Waals surface area contributed by atoms with Crippen molar-refractivity contribution in [3.05, 3.63) is 23.8 Å². The summed E-state index contributed by atoms with van der Waals surface area (Å²) in [5.41, 5.74) is 7.68. The molecule has 0 saturated heterocycles. The molecule has 1 aromatic carbocycles. The Morgan fingerprint density at radius 1 is 1.46 bits per heavy atom. The molecule has 13 heavy (non-hydrogen) atoms. The predicted octanol–water partition coefficient (Wildman–Crippen LogP) is 1.71. The third kappa shape index (κ3) is 1.73. The van der Waals surface area contributed by atoms with Crippen LogP contribution >= 0.6 is 0 Å². The summed E-state index contributed by atoms with van der Waals surface area (Å²) in [5.74, 6) is 0. The molecule has 0 atom stereocenters. The first-order chi connectivity index (χ1) is 6.29. The SMILES string of the molecule is N#Cc1cc(NC2CC2)ccc1N. The summed E-state index contributed by atoms with van der Waals surface area (Å²) >= 11 is 0. The van der Waals surface area contributed by atoms with Gasteiger partial charge < -0.3 is 11.1 Å². The molecule has 2 rings (SSSR count). The van der Waals surface area contributed by atoms with Crippen LogP contribution in [0.4, 0.5) is 11.4 Å². The number of nitrogens with zero attached hydrogens (tertiary/aromatic N) is 1. The summed E-state index contributed by atoms with van der Waals surface area (Å²) in [6, 6.07) is 8.15. The van der Waals surface area contributed by atoms with Gasteiger partial charge in [-0.1, -0.05) is 0 Å². The molecule has 66 valence electrons. The third-order valence-corrected chi connectivity index (χ3v) is 2.12. The number of nitrogens with one attached hydrogen (secondary N) is 1. The Labute approximate surface area is 77.2 Å². The normalized spacial score (nSPS) is 15.0. The average molecular weight is 173 g/mol. The van der Waals surface area contributed by atoms with Crippen molar-refractivity contribution in [3.8, 4) is 6.07 Å². The van der Waals surface area contributed by atoms with E-state index in [-0.39, 0.29) is 0 Å². The highest BCUT2D eigenvalue weighted by Gasteiger charge is 2.20. The van der Waals surface area contributed by atoms with Crippen LogP contribution in [-0.4, -0.2) is 6.04 Å². The van der Waals surface area contributed by atoms with Gasteiger partial charge in [0.25, 0.3) is 0 Å². The van der Waals surface area contributed by atoms with Crippen molar-refractivity contribution in [2.75, 3.05) is 11.1 Å². The highest BCUT2D eigenvalue weighted by molar-refractivity contribution is 5.62. The lowest BCUT2D eigenvalue weighted by Crippen LogP contribution is -2.01. The van der Waals surface area contributed by atoms with E-state index in [9.17, 15) is 0 Å². The number of nitriles is 1. The van der Waals surface area contributed by atoms with Gasteiger partial charge in [0, 0.05) is 17.4 Å². The molecule has 3 N–H and O–H groups in total. The van der Waals surface area contributed by atoms with Gasteiger partial charge in [-0.25, -0.2) is 0 Å². The fourth-order valence-corrected chi connectivity index (χ4v) is 1.21. The molecule has 1 aromatic rings. The van der Waals surface area contributed by atoms with Crippen molar-refractivity contribution in [2.24, 2.45) is 0 Å². The van der Waals surface area contributed by atoms with Crippen molar-refractivity contribution >= 4 is 11.4 Å². The lowest BCUT2D eigenvalue weighted by molar-refractivity contribution is 1.16. The first kappa shape index (κ1) is 7.93. The molecule has 3 nitrogen and oxygen atoms in total. The molecule has 1 fully saturated rings. The van der Waals surface area contributed by atoms with Crippen LogP contribution in [0.15, 0.2) is 18.2 Å². The zero-order valence-corrected chi connectivity index (χ0v) is 7.25. The van der Waals surface area contributed by atoms with E-state index in [0.717, 1.165) is 5.69 Å². The third-order valence-electron chi connectivity index (χ3n) is 2.12. The fourth-order valence-electron chi connectivity index (χ4n) is 1.21. The van der Waals surface area contributed by atoms with E-state index in [1.54, 1.807) is 12.1 Å². The zero-order valence-electron chi connectivity index (χ0n) is 7.25. The van der Waals surface area contributed by atoms with Crippen molar-refractivity contribution in [3.63, 3.8) is 0 Å². The van der Waals surface area contributed by atoms with Gasteiger partial charge in [0.1, 0.15) is 6.07 Å². The van der Waals surface area contributed by atoms with Crippen LogP contribution in [0.1, 0.15) is 18.4 Å². The van der Waals surface area contributed by atoms with E-state index in [1.165, 1.54) is 12.8 Å². The van der Waals surface area contributed by atoms with Gasteiger partial charge in [-0.05, 0) is 31.0 Å². The fraction of sp³-hybridized carbons (Fsp3) is 0.300. The van der Waals surface area contributed by atoms with Gasteiger partial charge in [0.05, 0.1) is 5.56 Å². The van der Waals surface area contributed by atoms with Crippen LogP contribution in [-0.2, 0) is 0 Å². The Balaban J connectivity index is 2.22. The highest BCUT2D eigenvalue weighted by Crippen LogP contribution is 2.26. The van der Waals surface area contributed by atoms with Gasteiger partial charge in [-0.2, -0.15) is 5.26 Å². The van der Waals surface area contributed by atoms with Crippen molar-refractivity contribution < 1.29 is 0 Å². The van der Waals surface area contributed by atoms with Gasteiger partial charge in [0.15, 0.2) is 0 Å². The van der Waals surface area contributed by atoms with Crippen molar-refractivity contribution in [1.82, 2.24) is 0 Å². The Morgan fingerprint density at radius 2 is 2.23 bits per heavy atom. The minimum absolute atomic E-state index is 0.545. The Bertz CT molecular complexity index is 361. The Kier molecular flexibility index (Phi) is 1.82. The van der Waals surface area contributed by atoms with Crippen LogP contribution in [0.25, 0.3) is 0 Å². The van der Waals surface area contributed by atoms with Gasteiger partial charge in [-0.3, -0.25) is 0 Å². The predicted molar refractivity (Wildman–Crippen MR) is 52.2 cm³/mol. The van der Waals surface area contributed by atoms with E-state index in [4.69, 9.17) is 11.0 Å². The molecule has 0 heterocycles. The molecule has 1 aliphatic carbocycles. The number of hydrogen-bond acceptors (Lipinski definition) is 3. The first-order valence-electron chi connectivity index (χ1n) is 4.36. The van der Waals surface area contributed by atoms with Crippen LogP contribution < -0.4 is 11.1 Å². The van der Waals surface area contributed by atoms with E-state index < -0.39 is 0 Å². The molecule has 0 unspecified atom stereocenters. The number of benzene rings is 1. The van der Waals surface area contributed by atoms with E-state index in [2.05, 4.69) is 11.4 Å². The summed E-state index contributed by atoms with van der Waals surface area (Å²) in [6.07, 6.45) is 2.46. The number of anilines is 2. The molecule has 0 aliphatic heterocycles. The molecule has 0 aromatic heterocycles. The summed E-state index contributed by atoms with van der Waals surface area (Å²) in [6.45, 7) is 0. The summed E-state index contributed by atoms with van der Waals surface area (Å²) in [5, 5.41) is 12.0. The minimum Gasteiger partial charge on any atom is -0.398 e. The molecular formula is C10H11N3. The minimum atomic E-state index is 0.545. The second-order valence-corrected chi connectivity index (χ2v) is 3.33. The van der Waals surface area contributed by atoms with Crippen LogP contribution in [0.2, 0.25) is 0 Å². The Hall–Kier alpha value is -1.69. The van der Waals surface area contributed by atoms with Gasteiger partial charge in [-0.15, -0.1) is 0 Å². The maximum Gasteiger partial charge on any atom is 0.101 e.